The first kappa shape index (κ1) is 24.5. The molecule has 0 unspecified atom stereocenters. The summed E-state index contributed by atoms with van der Waals surface area (Å²) in [6, 6.07) is 0. The fourth-order valence-corrected chi connectivity index (χ4v) is 4.53. The number of carbonyl (C=O) groups is 5. The number of nitrogens with one attached hydrogen (secondary N) is 1. The van der Waals surface area contributed by atoms with Gasteiger partial charge in [-0.2, -0.15) is 0 Å². The fraction of sp³-hybridized carbons (Fsp3) is 0.609. The molecule has 2 atom stereocenters. The molecule has 1 aromatic heterocycles. The molecule has 0 radical (unpaired) electrons. The molecule has 1 saturated carbocycles. The highest BCUT2D eigenvalue weighted by Gasteiger charge is 2.47. The van der Waals surface area contributed by atoms with E-state index in [1.54, 1.807) is 20.8 Å². The average molecular weight is 462 g/mol. The molecule has 1 aliphatic heterocycles. The van der Waals surface area contributed by atoms with E-state index in [2.05, 4.69) is 4.98 Å². The van der Waals surface area contributed by atoms with Gasteiger partial charge in [-0.05, 0) is 39.2 Å². The average Bonchev–Trinajstić information content (AvgIpc) is 3.25. The molecule has 2 aliphatic rings. The highest BCUT2D eigenvalue weighted by molar-refractivity contribution is 6.05. The molecule has 2 fully saturated rings. The molecule has 0 spiro atoms. The first-order valence-corrected chi connectivity index (χ1v) is 11.4. The Morgan fingerprint density at radius 3 is 2.09 bits per heavy atom. The molecule has 2 amide bonds. The Bertz CT molecular complexity index is 927. The Morgan fingerprint density at radius 2 is 1.52 bits per heavy atom. The van der Waals surface area contributed by atoms with E-state index in [0.29, 0.717) is 18.4 Å². The van der Waals surface area contributed by atoms with Crippen molar-refractivity contribution >= 4 is 29.7 Å². The highest BCUT2D eigenvalue weighted by atomic mass is 16.5. The van der Waals surface area contributed by atoms with Crippen LogP contribution in [-0.4, -0.2) is 59.4 Å². The second-order valence-electron chi connectivity index (χ2n) is 8.16. The van der Waals surface area contributed by atoms with Crippen LogP contribution < -0.4 is 0 Å². The molecule has 0 bridgehead atoms. The number of nitrogens with zero attached hydrogens (tertiary/aromatic N) is 1. The van der Waals surface area contributed by atoms with Crippen molar-refractivity contribution in [2.75, 3.05) is 19.8 Å². The van der Waals surface area contributed by atoms with Crippen LogP contribution in [0.25, 0.3) is 0 Å². The van der Waals surface area contributed by atoms with Gasteiger partial charge in [-0.15, -0.1) is 0 Å². The van der Waals surface area contributed by atoms with Crippen molar-refractivity contribution in [3.8, 4) is 0 Å². The normalized spacial score (nSPS) is 19.9. The minimum atomic E-state index is -0.649. The summed E-state index contributed by atoms with van der Waals surface area (Å²) >= 11 is 0. The number of likely N-dealkylation sites (tertiary alicyclic amines) is 1. The van der Waals surface area contributed by atoms with Gasteiger partial charge >= 0.3 is 17.9 Å². The van der Waals surface area contributed by atoms with Crippen molar-refractivity contribution in [3.05, 3.63) is 22.5 Å². The third-order valence-corrected chi connectivity index (χ3v) is 6.14. The van der Waals surface area contributed by atoms with Gasteiger partial charge in [0.15, 0.2) is 0 Å². The van der Waals surface area contributed by atoms with E-state index < -0.39 is 17.9 Å². The van der Waals surface area contributed by atoms with E-state index in [1.165, 1.54) is 4.90 Å². The van der Waals surface area contributed by atoms with Gasteiger partial charge in [-0.25, -0.2) is 9.59 Å². The molecule has 33 heavy (non-hydrogen) atoms. The van der Waals surface area contributed by atoms with Crippen LogP contribution in [0.5, 0.6) is 0 Å². The van der Waals surface area contributed by atoms with E-state index in [0.717, 1.165) is 12.8 Å². The molecule has 10 nitrogen and oxygen atoms in total. The van der Waals surface area contributed by atoms with Gasteiger partial charge in [0.05, 0.1) is 42.7 Å². The fourth-order valence-electron chi connectivity index (χ4n) is 4.53. The van der Waals surface area contributed by atoms with Crippen LogP contribution in [-0.2, 0) is 35.2 Å². The lowest BCUT2D eigenvalue weighted by molar-refractivity contribution is -0.146. The molecule has 1 aromatic rings. The van der Waals surface area contributed by atoms with Crippen LogP contribution in [0, 0.1) is 18.8 Å². The lowest BCUT2D eigenvalue weighted by atomic mass is 9.81. The number of H-pyrrole nitrogens is 1. The van der Waals surface area contributed by atoms with Crippen molar-refractivity contribution in [2.45, 2.75) is 59.5 Å². The zero-order chi connectivity index (χ0) is 24.1. The molecule has 1 aliphatic carbocycles. The van der Waals surface area contributed by atoms with Crippen LogP contribution >= 0.6 is 0 Å². The lowest BCUT2D eigenvalue weighted by Crippen LogP contribution is -2.33. The number of carbonyl (C=O) groups excluding carboxylic acids is 5. The number of hydrogen-bond donors (Lipinski definition) is 1. The number of hydrogen-bond acceptors (Lipinski definition) is 8. The molecule has 180 valence electrons. The highest BCUT2D eigenvalue weighted by Crippen LogP contribution is 2.38. The van der Waals surface area contributed by atoms with Crippen molar-refractivity contribution in [3.63, 3.8) is 0 Å². The van der Waals surface area contributed by atoms with Gasteiger partial charge in [-0.1, -0.05) is 12.8 Å². The Balaban J connectivity index is 1.64. The second kappa shape index (κ2) is 10.6. The van der Waals surface area contributed by atoms with Gasteiger partial charge in [0.1, 0.15) is 12.3 Å². The summed E-state index contributed by atoms with van der Waals surface area (Å²) in [5.41, 5.74) is 0.749. The zero-order valence-corrected chi connectivity index (χ0v) is 19.2. The largest absolute Gasteiger partial charge is 0.462 e. The number of esters is 3. The molecule has 1 saturated heterocycles. The maximum atomic E-state index is 12.5. The number of aromatic amines is 1. The van der Waals surface area contributed by atoms with Gasteiger partial charge < -0.3 is 19.2 Å². The van der Waals surface area contributed by atoms with Gasteiger partial charge in [0.2, 0.25) is 11.8 Å². The van der Waals surface area contributed by atoms with Crippen LogP contribution in [0.3, 0.4) is 0 Å². The standard InChI is InChI=1S/C23H30N2O8/c1-4-31-22(29)18-13(3)19(23(30)32-5-2)24-16(18)12-33-17(26)10-11-25-20(27)14-8-6-7-9-15(14)21(25)28/h14-15,24H,4-12H2,1-3H3/t14-,15-/m0/s1. The van der Waals surface area contributed by atoms with Crippen LogP contribution in [0.4, 0.5) is 0 Å². The van der Waals surface area contributed by atoms with Gasteiger partial charge in [0.25, 0.3) is 0 Å². The minimum absolute atomic E-state index is 0.0357. The molecular formula is C23H30N2O8. The predicted octanol–water partition coefficient (Wildman–Crippen LogP) is 2.29. The summed E-state index contributed by atoms with van der Waals surface area (Å²) in [4.78, 5) is 66.0. The van der Waals surface area contributed by atoms with E-state index >= 15 is 0 Å². The third kappa shape index (κ3) is 5.09. The van der Waals surface area contributed by atoms with E-state index in [-0.39, 0.29) is 73.4 Å². The van der Waals surface area contributed by atoms with Crippen LogP contribution in [0.15, 0.2) is 0 Å². The number of aromatic nitrogens is 1. The maximum Gasteiger partial charge on any atom is 0.355 e. The minimum Gasteiger partial charge on any atom is -0.462 e. The number of ether oxygens (including phenoxy) is 3. The lowest BCUT2D eigenvalue weighted by Gasteiger charge is -2.19. The Hall–Kier alpha value is -3.17. The molecule has 3 rings (SSSR count). The summed E-state index contributed by atoms with van der Waals surface area (Å²) < 4.78 is 15.3. The van der Waals surface area contributed by atoms with Crippen molar-refractivity contribution in [1.82, 2.24) is 9.88 Å². The molecular weight excluding hydrogens is 432 g/mol. The SMILES string of the molecule is CCOC(=O)c1[nH]c(COC(=O)CCN2C(=O)[C@H]3CCCC[C@@H]3C2=O)c(C(=O)OCC)c1C. The molecule has 1 N–H and O–H groups in total. The second-order valence-corrected chi connectivity index (χ2v) is 8.16. The Labute approximate surface area is 191 Å². The first-order valence-electron chi connectivity index (χ1n) is 11.4. The van der Waals surface area contributed by atoms with Gasteiger partial charge in [-0.3, -0.25) is 19.3 Å². The summed E-state index contributed by atoms with van der Waals surface area (Å²) in [5, 5.41) is 0. The number of fused-ring (bicyclic) bond motifs is 1. The van der Waals surface area contributed by atoms with E-state index in [4.69, 9.17) is 14.2 Å². The predicted molar refractivity (Wildman–Crippen MR) is 114 cm³/mol. The van der Waals surface area contributed by atoms with Gasteiger partial charge in [0, 0.05) is 6.54 Å². The van der Waals surface area contributed by atoms with Crippen LogP contribution in [0.1, 0.15) is 78.1 Å². The summed E-state index contributed by atoms with van der Waals surface area (Å²) in [6.45, 7) is 4.85. The summed E-state index contributed by atoms with van der Waals surface area (Å²) in [5.74, 6) is -2.86. The van der Waals surface area contributed by atoms with E-state index in [1.807, 2.05) is 0 Å². The van der Waals surface area contributed by atoms with Crippen LogP contribution in [0.2, 0.25) is 0 Å². The van der Waals surface area contributed by atoms with Crippen molar-refractivity contribution < 1.29 is 38.2 Å². The molecule has 10 heteroatoms. The monoisotopic (exact) mass is 462 g/mol. The maximum absolute atomic E-state index is 12.5. The summed E-state index contributed by atoms with van der Waals surface area (Å²) in [7, 11) is 0. The topological polar surface area (TPSA) is 132 Å². The quantitative estimate of drug-likeness (QED) is 0.336. The number of rotatable bonds is 9. The Kier molecular flexibility index (Phi) is 7.88. The van der Waals surface area contributed by atoms with Crippen molar-refractivity contribution in [1.29, 1.82) is 0 Å². The number of imide groups is 1. The molecule has 0 aromatic carbocycles. The van der Waals surface area contributed by atoms with Crippen molar-refractivity contribution in [2.24, 2.45) is 11.8 Å². The smallest absolute Gasteiger partial charge is 0.355 e. The molecule has 2 heterocycles. The third-order valence-electron chi connectivity index (χ3n) is 6.14. The Morgan fingerprint density at radius 1 is 0.939 bits per heavy atom. The van der Waals surface area contributed by atoms with E-state index in [9.17, 15) is 24.0 Å². The zero-order valence-electron chi connectivity index (χ0n) is 19.2. The first-order chi connectivity index (χ1) is 15.8. The number of amides is 2. The summed E-state index contributed by atoms with van der Waals surface area (Å²) in [6.07, 6.45) is 3.13.